The molecule has 1 atom stereocenters. The predicted molar refractivity (Wildman–Crippen MR) is 85.5 cm³/mol. The third-order valence-corrected chi connectivity index (χ3v) is 3.32. The molecule has 0 aliphatic heterocycles. The van der Waals surface area contributed by atoms with Crippen LogP contribution in [0.2, 0.25) is 0 Å². The van der Waals surface area contributed by atoms with Gasteiger partial charge in [-0.25, -0.2) is 4.79 Å². The molecule has 0 amide bonds. The summed E-state index contributed by atoms with van der Waals surface area (Å²) in [6.45, 7) is 8.00. The molecule has 5 heteroatoms. The fourth-order valence-corrected chi connectivity index (χ4v) is 1.88. The lowest BCUT2D eigenvalue weighted by Crippen LogP contribution is -2.28. The first-order valence-electron chi connectivity index (χ1n) is 7.45. The van der Waals surface area contributed by atoms with E-state index in [1.54, 1.807) is 0 Å². The van der Waals surface area contributed by atoms with Crippen molar-refractivity contribution in [2.75, 3.05) is 6.61 Å². The molecule has 0 fully saturated rings. The van der Waals surface area contributed by atoms with Gasteiger partial charge >= 0.3 is 11.9 Å². The first-order valence-corrected chi connectivity index (χ1v) is 7.45. The van der Waals surface area contributed by atoms with Gasteiger partial charge < -0.3 is 14.9 Å². The van der Waals surface area contributed by atoms with Crippen LogP contribution in [0.5, 0.6) is 0 Å². The van der Waals surface area contributed by atoms with E-state index in [1.807, 2.05) is 0 Å². The summed E-state index contributed by atoms with van der Waals surface area (Å²) in [5.41, 5.74) is -0.949. The Morgan fingerprint density at radius 2 is 2.05 bits per heavy atom. The van der Waals surface area contributed by atoms with E-state index in [0.717, 1.165) is 6.61 Å². The molecule has 5 nitrogen and oxygen atoms in total. The molecule has 0 aromatic heterocycles. The molecule has 0 heterocycles. The van der Waals surface area contributed by atoms with Gasteiger partial charge in [-0.1, -0.05) is 51.0 Å². The number of hydrogen-bond donors (Lipinski definition) is 2. The van der Waals surface area contributed by atoms with E-state index >= 15 is 0 Å². The van der Waals surface area contributed by atoms with Crippen LogP contribution in [-0.4, -0.2) is 28.8 Å². The van der Waals surface area contributed by atoms with Crippen molar-refractivity contribution in [3.63, 3.8) is 0 Å². The highest BCUT2D eigenvalue weighted by Gasteiger charge is 2.34. The summed E-state index contributed by atoms with van der Waals surface area (Å²) < 4.78 is 4.94. The average molecular weight is 310 g/mol. The number of carboxylic acids is 2. The van der Waals surface area contributed by atoms with Gasteiger partial charge in [-0.15, -0.1) is 0 Å². The molecule has 0 bridgehead atoms. The van der Waals surface area contributed by atoms with Gasteiger partial charge in [-0.05, 0) is 19.8 Å². The van der Waals surface area contributed by atoms with Crippen molar-refractivity contribution in [1.82, 2.24) is 0 Å². The van der Waals surface area contributed by atoms with Gasteiger partial charge in [0, 0.05) is 5.57 Å². The summed E-state index contributed by atoms with van der Waals surface area (Å²) in [7, 11) is 0. The lowest BCUT2D eigenvalue weighted by molar-refractivity contribution is -0.145. The number of hydrogen-bond acceptors (Lipinski definition) is 3. The number of carboxylic acid groups (broad SMARTS) is 2. The van der Waals surface area contributed by atoms with E-state index in [-0.39, 0.29) is 12.0 Å². The second-order valence-electron chi connectivity index (χ2n) is 5.35. The van der Waals surface area contributed by atoms with Crippen LogP contribution in [-0.2, 0) is 14.3 Å². The fraction of sp³-hybridized carbons (Fsp3) is 0.529. The molecule has 22 heavy (non-hydrogen) atoms. The summed E-state index contributed by atoms with van der Waals surface area (Å²) in [6, 6.07) is 0. The minimum atomic E-state index is -1.08. The number of rotatable bonds is 8. The van der Waals surface area contributed by atoms with Crippen molar-refractivity contribution in [3.8, 4) is 0 Å². The molecule has 1 aliphatic carbocycles. The van der Waals surface area contributed by atoms with Gasteiger partial charge in [-0.3, -0.25) is 4.79 Å². The minimum Gasteiger partial charge on any atom is -0.502 e. The molecule has 0 radical (unpaired) electrons. The van der Waals surface area contributed by atoms with E-state index in [2.05, 4.69) is 13.5 Å². The Labute approximate surface area is 132 Å². The summed E-state index contributed by atoms with van der Waals surface area (Å²) in [5.74, 6) is -2.06. The Hall–Kier alpha value is -2.04. The molecular formula is C17H26O5. The first kappa shape index (κ1) is 20.0. The van der Waals surface area contributed by atoms with Crippen molar-refractivity contribution < 1.29 is 24.5 Å². The Morgan fingerprint density at radius 3 is 2.55 bits per heavy atom. The zero-order chi connectivity index (χ0) is 17.0. The van der Waals surface area contributed by atoms with Crippen LogP contribution in [0.4, 0.5) is 0 Å². The van der Waals surface area contributed by atoms with Crippen molar-refractivity contribution in [3.05, 3.63) is 36.6 Å². The molecule has 0 aromatic carbocycles. The highest BCUT2D eigenvalue weighted by atomic mass is 16.5. The quantitative estimate of drug-likeness (QED) is 0.526. The molecule has 0 spiro atoms. The van der Waals surface area contributed by atoms with Gasteiger partial charge in [0.05, 0.1) is 18.3 Å². The summed E-state index contributed by atoms with van der Waals surface area (Å²) in [4.78, 5) is 21.3. The minimum absolute atomic E-state index is 0.0359. The van der Waals surface area contributed by atoms with E-state index in [1.165, 1.54) is 57.1 Å². The number of unbranched alkanes of at least 4 members (excludes halogenated alkanes) is 3. The van der Waals surface area contributed by atoms with Crippen molar-refractivity contribution >= 4 is 11.9 Å². The molecule has 0 saturated heterocycles. The standard InChI is InChI=1S/C9H10O4.C8H16O/c1-9(8(12)13)4-2-3-6(5-9)7(10)11;1-3-5-6-7-8-9-4-2/h2-4H,5H2,1H3,(H,10,11)(H,12,13);4H,2-3,5-8H2,1H3. The Bertz CT molecular complexity index is 436. The molecule has 0 aromatic rings. The average Bonchev–Trinajstić information content (AvgIpc) is 2.48. The first-order chi connectivity index (χ1) is 10.4. The summed E-state index contributed by atoms with van der Waals surface area (Å²) in [6.07, 6.45) is 11.0. The van der Waals surface area contributed by atoms with Crippen LogP contribution < -0.4 is 0 Å². The molecule has 1 aliphatic rings. The second kappa shape index (κ2) is 10.7. The number of aliphatic carboxylic acids is 2. The van der Waals surface area contributed by atoms with Crippen LogP contribution in [0.3, 0.4) is 0 Å². The maximum Gasteiger partial charge on any atom is 0.331 e. The Kier molecular flexibility index (Phi) is 9.67. The van der Waals surface area contributed by atoms with E-state index in [0.29, 0.717) is 0 Å². The monoisotopic (exact) mass is 310 g/mol. The van der Waals surface area contributed by atoms with Crippen molar-refractivity contribution in [1.29, 1.82) is 0 Å². The van der Waals surface area contributed by atoms with E-state index in [4.69, 9.17) is 14.9 Å². The molecular weight excluding hydrogens is 284 g/mol. The normalized spacial score (nSPS) is 19.5. The highest BCUT2D eigenvalue weighted by molar-refractivity contribution is 5.90. The highest BCUT2D eigenvalue weighted by Crippen LogP contribution is 2.31. The molecule has 0 saturated carbocycles. The second-order valence-corrected chi connectivity index (χ2v) is 5.35. The number of carbonyl (C=O) groups is 2. The van der Waals surface area contributed by atoms with Crippen LogP contribution >= 0.6 is 0 Å². The predicted octanol–water partition coefficient (Wildman–Crippen LogP) is 3.78. The van der Waals surface area contributed by atoms with Crippen LogP contribution in [0.15, 0.2) is 36.6 Å². The lowest BCUT2D eigenvalue weighted by Gasteiger charge is -2.23. The van der Waals surface area contributed by atoms with Crippen LogP contribution in [0, 0.1) is 5.41 Å². The number of allylic oxidation sites excluding steroid dienone is 2. The molecule has 1 unspecified atom stereocenters. The zero-order valence-electron chi connectivity index (χ0n) is 13.4. The molecule has 1 rings (SSSR count). The van der Waals surface area contributed by atoms with E-state index < -0.39 is 17.4 Å². The molecule has 2 N–H and O–H groups in total. The Morgan fingerprint density at radius 1 is 1.36 bits per heavy atom. The van der Waals surface area contributed by atoms with E-state index in [9.17, 15) is 9.59 Å². The van der Waals surface area contributed by atoms with Crippen molar-refractivity contribution in [2.24, 2.45) is 5.41 Å². The van der Waals surface area contributed by atoms with Gasteiger partial charge in [0.1, 0.15) is 0 Å². The zero-order valence-corrected chi connectivity index (χ0v) is 13.4. The Balaban J connectivity index is 0.000000433. The van der Waals surface area contributed by atoms with Gasteiger partial charge in [0.2, 0.25) is 0 Å². The van der Waals surface area contributed by atoms with Crippen molar-refractivity contribution in [2.45, 2.75) is 46.0 Å². The summed E-state index contributed by atoms with van der Waals surface area (Å²) >= 11 is 0. The summed E-state index contributed by atoms with van der Waals surface area (Å²) in [5, 5.41) is 17.5. The van der Waals surface area contributed by atoms with Gasteiger partial charge in [-0.2, -0.15) is 0 Å². The fourth-order valence-electron chi connectivity index (χ4n) is 1.88. The van der Waals surface area contributed by atoms with Gasteiger partial charge in [0.25, 0.3) is 0 Å². The lowest BCUT2D eigenvalue weighted by atomic mass is 9.80. The maximum absolute atomic E-state index is 10.8. The third-order valence-electron chi connectivity index (χ3n) is 3.32. The SMILES string of the molecule is C=COCCCCCC.CC1(C(=O)O)C=CC=C(C(=O)O)C1. The number of ether oxygens (including phenoxy) is 1. The smallest absolute Gasteiger partial charge is 0.331 e. The van der Waals surface area contributed by atoms with Gasteiger partial charge in [0.15, 0.2) is 0 Å². The third kappa shape index (κ3) is 7.67. The largest absolute Gasteiger partial charge is 0.502 e. The van der Waals surface area contributed by atoms with Crippen LogP contribution in [0.1, 0.15) is 46.0 Å². The topological polar surface area (TPSA) is 83.8 Å². The van der Waals surface area contributed by atoms with Crippen LogP contribution in [0.25, 0.3) is 0 Å². The maximum atomic E-state index is 10.8. The molecule has 124 valence electrons.